The van der Waals surface area contributed by atoms with Crippen LogP contribution in [-0.4, -0.2) is 140 Å². The van der Waals surface area contributed by atoms with E-state index in [4.69, 9.17) is 103 Å². The fourth-order valence-electron chi connectivity index (χ4n) is 20.8. The number of hydrogen-bond donors (Lipinski definition) is 7. The van der Waals surface area contributed by atoms with Crippen LogP contribution in [0.4, 0.5) is 17.6 Å². The van der Waals surface area contributed by atoms with Gasteiger partial charge in [-0.15, -0.1) is 0 Å². The summed E-state index contributed by atoms with van der Waals surface area (Å²) in [6, 6.07) is 32.3. The summed E-state index contributed by atoms with van der Waals surface area (Å²) >= 11 is 35.7. The number of nitrogens with zero attached hydrogens (tertiary/aromatic N) is 2. The van der Waals surface area contributed by atoms with Crippen LogP contribution < -0.4 is 65.1 Å². The number of amides is 6. The molecule has 0 spiro atoms. The smallest absolute Gasteiger partial charge is 0.271 e. The fraction of sp³-hybridized carbons (Fsp3) is 0.411. The Labute approximate surface area is 769 Å². The van der Waals surface area contributed by atoms with Crippen molar-refractivity contribution in [2.75, 3.05) is 26.4 Å². The highest BCUT2D eigenvalue weighted by molar-refractivity contribution is 6.42. The molecule has 16 aliphatic rings. The van der Waals surface area contributed by atoms with Crippen molar-refractivity contribution >= 4 is 123 Å². The first-order valence-corrected chi connectivity index (χ1v) is 44.6. The molecule has 6 atom stereocenters. The number of carbonyl (C=O) groups excluding carboxylic acids is 8. The average Bonchev–Trinajstić information content (AvgIpc) is 0.918. The molecule has 3 unspecified atom stereocenters. The van der Waals surface area contributed by atoms with Gasteiger partial charge in [0.1, 0.15) is 71.3 Å². The molecule has 13 aliphatic carbocycles. The van der Waals surface area contributed by atoms with Gasteiger partial charge in [0.05, 0.1) is 38.8 Å². The van der Waals surface area contributed by atoms with Crippen LogP contribution in [0.25, 0.3) is 6.08 Å². The number of halogens is 10. The Hall–Kier alpha value is -10.5. The van der Waals surface area contributed by atoms with E-state index in [2.05, 4.69) is 41.9 Å². The molecule has 6 amide bonds. The zero-order valence-corrected chi connectivity index (χ0v) is 74.9. The molecule has 676 valence electrons. The van der Waals surface area contributed by atoms with E-state index in [9.17, 15) is 61.0 Å². The van der Waals surface area contributed by atoms with Crippen LogP contribution in [-0.2, 0) is 52.0 Å². The van der Waals surface area contributed by atoms with Crippen LogP contribution in [0.15, 0.2) is 140 Å². The number of aliphatic hydroxyl groups is 1. The van der Waals surface area contributed by atoms with Crippen LogP contribution in [0.3, 0.4) is 0 Å². The summed E-state index contributed by atoms with van der Waals surface area (Å²) in [5.74, 6) is 0.0933. The second-order valence-electron chi connectivity index (χ2n) is 37.3. The van der Waals surface area contributed by atoms with Crippen molar-refractivity contribution in [3.05, 3.63) is 232 Å². The molecule has 12 fully saturated rings. The van der Waals surface area contributed by atoms with Gasteiger partial charge in [-0.3, -0.25) is 43.3 Å². The first-order chi connectivity index (χ1) is 61.2. The van der Waals surface area contributed by atoms with Crippen molar-refractivity contribution in [2.45, 2.75) is 200 Å². The monoisotopic (exact) mass is 1880 g/mol. The largest absolute Gasteiger partial charge is 0.486 e. The third kappa shape index (κ3) is 19.2. The highest BCUT2D eigenvalue weighted by atomic mass is 35.5. The summed E-state index contributed by atoms with van der Waals surface area (Å²) in [5.41, 5.74) is 1.98. The van der Waals surface area contributed by atoms with Crippen molar-refractivity contribution in [3.63, 3.8) is 0 Å². The van der Waals surface area contributed by atoms with E-state index in [1.807, 2.05) is 24.3 Å². The maximum absolute atomic E-state index is 13.6. The van der Waals surface area contributed by atoms with Crippen LogP contribution in [0.1, 0.15) is 166 Å². The molecule has 0 radical (unpaired) electrons. The van der Waals surface area contributed by atoms with Crippen molar-refractivity contribution in [1.29, 1.82) is 0 Å². The van der Waals surface area contributed by atoms with Gasteiger partial charge >= 0.3 is 0 Å². The SMILES string of the molecule is CC(F)c1cnc(C(=O)NC23CC(NC(=O)C4COc5cc(Cl)c(Cl)cc5O4)(C2)C3)cn1.Cc1ccc(OCC(=O)CC23CC(NC(=O)[C@@H]4C=Cc5cc(Cl)ccc5O4)(C2)C3)cc1F.Cc1ccc(OCC(=O)NC23CC(CC(=O)[C@H]4C[C@@](C)(O)c5cc(Cl)ccc5O4)(C2)C3)cc1F.O=C(COc1ccc(Cl)c(F)c1)NC12CC(NC(=O)C3Cc4ccc(Cl)cc4C3)(C1)C2. The maximum atomic E-state index is 13.6. The molecule has 129 heavy (non-hydrogen) atoms. The number of rotatable bonds is 25. The minimum Gasteiger partial charge on any atom is -0.486 e. The van der Waals surface area contributed by atoms with Crippen LogP contribution in [0.5, 0.6) is 40.2 Å². The number of benzene rings is 7. The molecule has 3 aliphatic heterocycles. The zero-order chi connectivity index (χ0) is 91.3. The summed E-state index contributed by atoms with van der Waals surface area (Å²) in [6.45, 7) is 5.95. The molecule has 7 N–H and O–H groups in total. The quantitative estimate of drug-likeness (QED) is 0.0261. The van der Waals surface area contributed by atoms with E-state index in [0.29, 0.717) is 115 Å². The molecule has 24 rings (SSSR count). The van der Waals surface area contributed by atoms with Crippen molar-refractivity contribution in [3.8, 4) is 40.2 Å². The molecular formula is C95H90Cl6F4N8O16. The summed E-state index contributed by atoms with van der Waals surface area (Å²) in [5, 5.41) is 31.7. The normalized spacial score (nSPS) is 28.3. The van der Waals surface area contributed by atoms with Gasteiger partial charge in [0, 0.05) is 115 Å². The number of carbonyl (C=O) groups is 8. The molecule has 12 saturated carbocycles. The van der Waals surface area contributed by atoms with Gasteiger partial charge in [0.15, 0.2) is 48.5 Å². The number of nitrogens with one attached hydrogen (secondary N) is 6. The second-order valence-corrected chi connectivity index (χ2v) is 39.9. The molecule has 0 saturated heterocycles. The number of aryl methyl sites for hydroxylation is 2. The third-order valence-corrected chi connectivity index (χ3v) is 28.3. The Kier molecular flexibility index (Phi) is 24.3. The fourth-order valence-corrected chi connectivity index (χ4v) is 21.8. The van der Waals surface area contributed by atoms with E-state index >= 15 is 0 Å². The lowest BCUT2D eigenvalue weighted by molar-refractivity contribution is -0.177. The third-order valence-electron chi connectivity index (χ3n) is 26.5. The highest BCUT2D eigenvalue weighted by Crippen LogP contribution is 2.70. The van der Waals surface area contributed by atoms with Crippen molar-refractivity contribution in [1.82, 2.24) is 41.9 Å². The predicted octanol–water partition coefficient (Wildman–Crippen LogP) is 15.9. The lowest BCUT2D eigenvalue weighted by Crippen LogP contribution is -2.84. The Morgan fingerprint density at radius 3 is 1.60 bits per heavy atom. The first-order valence-electron chi connectivity index (χ1n) is 42.3. The van der Waals surface area contributed by atoms with Gasteiger partial charge in [-0.2, -0.15) is 0 Å². The average molecular weight is 1890 g/mol. The van der Waals surface area contributed by atoms with Gasteiger partial charge in [-0.25, -0.2) is 22.5 Å². The zero-order valence-electron chi connectivity index (χ0n) is 70.3. The predicted molar refractivity (Wildman–Crippen MR) is 469 cm³/mol. The number of alkyl halides is 1. The molecule has 7 aromatic carbocycles. The van der Waals surface area contributed by atoms with Gasteiger partial charge in [0.25, 0.3) is 29.5 Å². The number of hydrogen-bond acceptors (Lipinski definition) is 18. The second kappa shape index (κ2) is 34.7. The van der Waals surface area contributed by atoms with Gasteiger partial charge in [-0.05, 0) is 230 Å². The van der Waals surface area contributed by atoms with Crippen LogP contribution in [0.2, 0.25) is 30.1 Å². The minimum atomic E-state index is -1.25. The molecule has 4 heterocycles. The molecule has 1 aromatic heterocycles. The van der Waals surface area contributed by atoms with E-state index in [1.165, 1.54) is 55.2 Å². The van der Waals surface area contributed by atoms with E-state index < -0.39 is 35.9 Å². The topological polar surface area (TPSA) is 319 Å². The lowest BCUT2D eigenvalue weighted by atomic mass is 9.38. The Balaban J connectivity index is 0.000000121. The number of ketones is 2. The van der Waals surface area contributed by atoms with Gasteiger partial charge in [0.2, 0.25) is 12.0 Å². The number of fused-ring (bicyclic) bond motifs is 4. The van der Waals surface area contributed by atoms with Gasteiger partial charge < -0.3 is 70.2 Å². The van der Waals surface area contributed by atoms with Crippen LogP contribution in [0, 0.1) is 48.0 Å². The molecule has 34 heteroatoms. The Morgan fingerprint density at radius 1 is 0.496 bits per heavy atom. The minimum absolute atomic E-state index is 0.00305. The number of aromatic nitrogens is 2. The maximum Gasteiger partial charge on any atom is 0.271 e. The molecular weight excluding hydrogens is 1800 g/mol. The van der Waals surface area contributed by atoms with E-state index in [1.54, 1.807) is 93.6 Å². The van der Waals surface area contributed by atoms with E-state index in [-0.39, 0.29) is 164 Å². The lowest BCUT2D eigenvalue weighted by Gasteiger charge is -2.70. The summed E-state index contributed by atoms with van der Waals surface area (Å²) in [4.78, 5) is 109. The van der Waals surface area contributed by atoms with Crippen molar-refractivity contribution in [2.24, 2.45) is 16.7 Å². The summed E-state index contributed by atoms with van der Waals surface area (Å²) in [7, 11) is 0. The molecule has 24 nitrogen and oxygen atoms in total. The molecule has 8 aromatic rings. The van der Waals surface area contributed by atoms with Crippen LogP contribution >= 0.6 is 69.6 Å². The summed E-state index contributed by atoms with van der Waals surface area (Å²) in [6.07, 6.45) is 13.5. The molecule has 8 bridgehead atoms. The summed E-state index contributed by atoms with van der Waals surface area (Å²) < 4.78 is 93.1. The first kappa shape index (κ1) is 90.5. The number of Topliss-reactive ketones (excluding diaryl/α,β-unsaturated/α-hetero) is 2. The Morgan fingerprint density at radius 2 is 1.00 bits per heavy atom. The van der Waals surface area contributed by atoms with E-state index in [0.717, 1.165) is 81.4 Å². The highest BCUT2D eigenvalue weighted by Gasteiger charge is 2.72. The Bertz CT molecular complexity index is 5870. The van der Waals surface area contributed by atoms with Crippen molar-refractivity contribution < 1.29 is 94.2 Å². The van der Waals surface area contributed by atoms with Gasteiger partial charge in [-0.1, -0.05) is 93.9 Å². The number of ether oxygens (including phenoxy) is 7. The standard InChI is InChI=1S/C26H27ClFNO5.C25H23ClFNO4.C23H21Cl2FN2O3.C21H19Cl2FN4O4/c1-15-3-5-17(8-19(15)28)33-11-23(31)29-26-12-25(13-26,14-26)9-20(30)22-10-24(2,32)18-7-16(27)4-6-21(18)34-22;1-15-2-5-19(9-20(15)27)31-11-18(29)10-24-12-25(13-24,14-24)28-23(30)22-6-3-16-8-17(26)4-7-21(16)32-22;24-16-2-1-13-5-15(6-14(13)7-16)21(30)28-23-10-22(11-23,12-23)27-20(29)9-31-17-3-4-18(25)19(26)8-17;1-10(24)13-4-26-14(5-25-13)18(29)27-20-7-21(8-20,9-20)28-19(30)17-6-31-15-2-11(22)12(23)3-16(15)32-17/h3-8,22,32H,9-14H2,1-2H3,(H,29,31);2-9,22H,10-14H2,1H3,(H,28,30);1-4,7-8,15H,5-6,9-12H2,(H,27,29)(H,28,30);2-5,10,17H,6-9H2,1H3,(H,27,29)(H,28,30)/t22-,24-,25?,26?;22-,24?,25?;;/m10../s1.